The van der Waals surface area contributed by atoms with Crippen LogP contribution >= 0.6 is 0 Å². The molecule has 14 atom stereocenters. The van der Waals surface area contributed by atoms with Gasteiger partial charge in [0.15, 0.2) is 6.29 Å². The highest BCUT2D eigenvalue weighted by atomic mass is 16.6. The number of carbonyl (C=O) groups is 1. The predicted octanol–water partition coefficient (Wildman–Crippen LogP) is 1.83. The highest BCUT2D eigenvalue weighted by Crippen LogP contribution is 2.98. The van der Waals surface area contributed by atoms with Gasteiger partial charge in [-0.15, -0.1) is 0 Å². The maximum absolute atomic E-state index is 13.5. The van der Waals surface area contributed by atoms with E-state index in [4.69, 9.17) is 9.47 Å². The fourth-order valence-electron chi connectivity index (χ4n) is 11.6. The Hall–Kier alpha value is -0.870. The molecule has 9 rings (SSSR count). The Bertz CT molecular complexity index is 772. The van der Waals surface area contributed by atoms with E-state index >= 15 is 0 Å². The molecule has 0 radical (unpaired) electrons. The number of hydrogen-bond donors (Lipinski definition) is 1. The van der Waals surface area contributed by atoms with Gasteiger partial charge in [0.2, 0.25) is 0 Å². The first-order chi connectivity index (χ1) is 12.2. The average Bonchev–Trinajstić information content (AvgIpc) is 3.36. The number of rotatable bonds is 1. The minimum atomic E-state index is -0.758. The number of hydrogen-bond acceptors (Lipinski definition) is 4. The molecular weight excluding hydrogens is 316 g/mol. The summed E-state index contributed by atoms with van der Waals surface area (Å²) in [6.07, 6.45) is 7.61. The minimum Gasteiger partial charge on any atom is -0.469 e. The molecule has 0 aromatic rings. The molecule has 7 saturated carbocycles. The second-order valence-electron chi connectivity index (χ2n) is 10.3. The third-order valence-corrected chi connectivity index (χ3v) is 10.9. The number of esters is 1. The smallest absolute Gasteiger partial charge is 0.313 e. The first kappa shape index (κ1) is 13.3. The summed E-state index contributed by atoms with van der Waals surface area (Å²) in [5.41, 5.74) is -0.794. The topological polar surface area (TPSA) is 55.8 Å². The van der Waals surface area contributed by atoms with Crippen molar-refractivity contribution in [3.8, 4) is 0 Å². The molecule has 1 N–H and O–H groups in total. The summed E-state index contributed by atoms with van der Waals surface area (Å²) in [5, 5.41) is 11.4. The lowest BCUT2D eigenvalue weighted by atomic mass is 9.42. The summed E-state index contributed by atoms with van der Waals surface area (Å²) in [4.78, 5) is 13.5. The second-order valence-corrected chi connectivity index (χ2v) is 10.3. The molecule has 1 heterocycles. The van der Waals surface area contributed by atoms with Crippen LogP contribution in [-0.2, 0) is 14.3 Å². The van der Waals surface area contributed by atoms with Crippen molar-refractivity contribution in [2.24, 2.45) is 70.0 Å². The molecule has 132 valence electrons. The molecule has 1 aliphatic heterocycles. The average molecular weight is 340 g/mol. The fourth-order valence-corrected chi connectivity index (χ4v) is 11.6. The van der Waals surface area contributed by atoms with Crippen LogP contribution in [-0.4, -0.2) is 30.6 Å². The van der Waals surface area contributed by atoms with Gasteiger partial charge in [0, 0.05) is 5.41 Å². The molecule has 0 amide bonds. The molecule has 1 saturated heterocycles. The Morgan fingerprint density at radius 2 is 1.96 bits per heavy atom. The maximum Gasteiger partial charge on any atom is 0.313 e. The highest BCUT2D eigenvalue weighted by Gasteiger charge is 3.01. The molecule has 4 heteroatoms. The number of ether oxygens (including phenoxy) is 2. The van der Waals surface area contributed by atoms with Gasteiger partial charge < -0.3 is 14.6 Å². The molecule has 8 aliphatic carbocycles. The fraction of sp³-hybridized carbons (Fsp3) is 0.857. The van der Waals surface area contributed by atoms with Gasteiger partial charge >= 0.3 is 5.97 Å². The zero-order valence-corrected chi connectivity index (χ0v) is 14.4. The van der Waals surface area contributed by atoms with E-state index in [-0.39, 0.29) is 17.5 Å². The van der Waals surface area contributed by atoms with Crippen molar-refractivity contribution >= 4 is 5.97 Å². The summed E-state index contributed by atoms with van der Waals surface area (Å²) in [6, 6.07) is 0. The number of aliphatic hydroxyl groups excluding tert-OH is 1. The largest absolute Gasteiger partial charge is 0.469 e. The quantitative estimate of drug-likeness (QED) is 0.584. The first-order valence-corrected chi connectivity index (χ1v) is 10.3. The summed E-state index contributed by atoms with van der Waals surface area (Å²) >= 11 is 0. The normalized spacial score (nSPS) is 73.7. The minimum absolute atomic E-state index is 0.00907. The van der Waals surface area contributed by atoms with E-state index in [2.05, 4.69) is 12.2 Å². The van der Waals surface area contributed by atoms with Gasteiger partial charge in [0.25, 0.3) is 0 Å². The van der Waals surface area contributed by atoms with E-state index in [9.17, 15) is 9.90 Å². The van der Waals surface area contributed by atoms with E-state index in [1.54, 1.807) is 7.11 Å². The van der Waals surface area contributed by atoms with Crippen molar-refractivity contribution in [2.45, 2.75) is 31.7 Å². The number of allylic oxidation sites excluding steroid dienone is 2. The second kappa shape index (κ2) is 3.47. The van der Waals surface area contributed by atoms with Gasteiger partial charge in [-0.1, -0.05) is 12.2 Å². The zero-order valence-electron chi connectivity index (χ0n) is 14.4. The van der Waals surface area contributed by atoms with Crippen molar-refractivity contribution in [3.05, 3.63) is 12.2 Å². The van der Waals surface area contributed by atoms with Gasteiger partial charge in [0.05, 0.1) is 18.6 Å². The molecule has 4 nitrogen and oxygen atoms in total. The van der Waals surface area contributed by atoms with Crippen LogP contribution in [0.2, 0.25) is 0 Å². The summed E-state index contributed by atoms with van der Waals surface area (Å²) in [5.74, 6) is 5.55. The number of carbonyl (C=O) groups excluding carboxylic acids is 1. The van der Waals surface area contributed by atoms with Crippen molar-refractivity contribution in [2.75, 3.05) is 7.11 Å². The SMILES string of the molecule is COC(=O)[C@@]12[C@@H]3[C@@H]4CC[C@@H]5O[C@@H](O)[C@@]16[C@H]([C@H]3[C@H]1[C@@H]2[C@@H]2C=CC[C@@H]2[C@@H]16)[C@H]45. The Labute approximate surface area is 146 Å². The van der Waals surface area contributed by atoms with Crippen LogP contribution in [0.25, 0.3) is 0 Å². The van der Waals surface area contributed by atoms with Crippen molar-refractivity contribution in [3.63, 3.8) is 0 Å². The van der Waals surface area contributed by atoms with Gasteiger partial charge in [0.1, 0.15) is 0 Å². The Morgan fingerprint density at radius 3 is 2.80 bits per heavy atom. The van der Waals surface area contributed by atoms with Crippen molar-refractivity contribution < 1.29 is 19.4 Å². The maximum atomic E-state index is 13.5. The summed E-state index contributed by atoms with van der Waals surface area (Å²) in [6.45, 7) is 0. The lowest BCUT2D eigenvalue weighted by Gasteiger charge is -2.63. The van der Waals surface area contributed by atoms with Gasteiger partial charge in [-0.3, -0.25) is 4.79 Å². The molecule has 0 unspecified atom stereocenters. The zero-order chi connectivity index (χ0) is 16.5. The molecule has 0 aromatic heterocycles. The molecule has 1 spiro atoms. The van der Waals surface area contributed by atoms with E-state index in [0.717, 1.165) is 12.8 Å². The van der Waals surface area contributed by atoms with Gasteiger partial charge in [-0.25, -0.2) is 0 Å². The lowest BCUT2D eigenvalue weighted by molar-refractivity contribution is -0.325. The van der Waals surface area contributed by atoms with Crippen LogP contribution in [0.3, 0.4) is 0 Å². The Balaban J connectivity index is 1.48. The van der Waals surface area contributed by atoms with Gasteiger partial charge in [-0.05, 0) is 78.4 Å². The first-order valence-electron chi connectivity index (χ1n) is 10.3. The Morgan fingerprint density at radius 1 is 1.12 bits per heavy atom. The number of aliphatic hydroxyl groups is 1. The predicted molar refractivity (Wildman–Crippen MR) is 85.7 cm³/mol. The van der Waals surface area contributed by atoms with E-state index < -0.39 is 11.7 Å². The van der Waals surface area contributed by atoms with Crippen LogP contribution in [0.15, 0.2) is 12.2 Å². The van der Waals surface area contributed by atoms with Crippen LogP contribution in [0.1, 0.15) is 19.3 Å². The third kappa shape index (κ3) is 0.867. The number of methoxy groups -OCH3 is 1. The van der Waals surface area contributed by atoms with Crippen LogP contribution in [0.5, 0.6) is 0 Å². The Kier molecular flexibility index (Phi) is 1.85. The van der Waals surface area contributed by atoms with Crippen LogP contribution < -0.4 is 0 Å². The summed E-state index contributed by atoms with van der Waals surface area (Å²) < 4.78 is 11.8. The molecular formula is C21H24O4. The van der Waals surface area contributed by atoms with Crippen molar-refractivity contribution in [1.82, 2.24) is 0 Å². The molecule has 25 heavy (non-hydrogen) atoms. The molecule has 0 aromatic carbocycles. The highest BCUT2D eigenvalue weighted by molar-refractivity contribution is 5.84. The van der Waals surface area contributed by atoms with E-state index in [0.29, 0.717) is 59.2 Å². The monoisotopic (exact) mass is 340 g/mol. The molecule has 8 fully saturated rings. The molecule has 8 bridgehead atoms. The van der Waals surface area contributed by atoms with Crippen LogP contribution in [0.4, 0.5) is 0 Å². The summed E-state index contributed by atoms with van der Waals surface area (Å²) in [7, 11) is 1.56. The lowest BCUT2D eigenvalue weighted by Crippen LogP contribution is -2.69. The van der Waals surface area contributed by atoms with Crippen LogP contribution in [0, 0.1) is 70.0 Å². The molecule has 9 aliphatic rings. The third-order valence-electron chi connectivity index (χ3n) is 10.9. The van der Waals surface area contributed by atoms with Gasteiger partial charge in [-0.2, -0.15) is 0 Å². The van der Waals surface area contributed by atoms with E-state index in [1.807, 2.05) is 0 Å². The standard InChI is InChI=1S/C21H24O4/c1-24-18(22)20-14-7-3-2-4-8(7)15-12(14)13-16(20)9-5-6-10-11(9)17(13)21(15,20)19(23)25-10/h2-3,7-17,19,23H,4-6H2,1H3/t7-,8+,9-,10+,11-,12+,13+,14+,15+,16-,17+,19-,20-,21-/m1/s1. The number of fused-ring (bicyclic) bond motifs is 1. The van der Waals surface area contributed by atoms with E-state index in [1.165, 1.54) is 6.42 Å². The van der Waals surface area contributed by atoms with Crippen molar-refractivity contribution in [1.29, 1.82) is 0 Å².